The summed E-state index contributed by atoms with van der Waals surface area (Å²) in [6.07, 6.45) is -4.24. The maximum absolute atomic E-state index is 12.6. The second kappa shape index (κ2) is 6.74. The first-order chi connectivity index (χ1) is 9.17. The third-order valence-corrected chi connectivity index (χ3v) is 2.64. The van der Waals surface area contributed by atoms with E-state index in [1.807, 2.05) is 13.8 Å². The van der Waals surface area contributed by atoms with Crippen LogP contribution in [0, 0.1) is 5.92 Å². The number of amides is 1. The quantitative estimate of drug-likeness (QED) is 0.875. The van der Waals surface area contributed by atoms with Crippen LogP contribution in [0.15, 0.2) is 24.3 Å². The fourth-order valence-electron chi connectivity index (χ4n) is 2.04. The number of nitrogens with two attached hydrogens (primary N) is 1. The van der Waals surface area contributed by atoms with E-state index in [-0.39, 0.29) is 12.5 Å². The molecule has 20 heavy (non-hydrogen) atoms. The van der Waals surface area contributed by atoms with Gasteiger partial charge >= 0.3 is 6.18 Å². The van der Waals surface area contributed by atoms with Gasteiger partial charge in [-0.2, -0.15) is 13.2 Å². The van der Waals surface area contributed by atoms with Crippen LogP contribution in [0.2, 0.25) is 0 Å². The van der Waals surface area contributed by atoms with Crippen molar-refractivity contribution in [2.75, 3.05) is 13.1 Å². The first-order valence-electron chi connectivity index (χ1n) is 6.35. The van der Waals surface area contributed by atoms with Gasteiger partial charge < -0.3 is 5.73 Å². The lowest BCUT2D eigenvalue weighted by atomic mass is 10.1. The van der Waals surface area contributed by atoms with Crippen LogP contribution in [0.3, 0.4) is 0 Å². The highest BCUT2D eigenvalue weighted by molar-refractivity contribution is 5.92. The maximum atomic E-state index is 12.6. The topological polar surface area (TPSA) is 46.3 Å². The lowest BCUT2D eigenvalue weighted by Crippen LogP contribution is -2.36. The minimum Gasteiger partial charge on any atom is -0.366 e. The Balaban J connectivity index is 2.83. The van der Waals surface area contributed by atoms with Gasteiger partial charge in [0.05, 0.1) is 6.54 Å². The summed E-state index contributed by atoms with van der Waals surface area (Å²) in [5.41, 5.74) is 6.11. The van der Waals surface area contributed by atoms with E-state index in [1.54, 1.807) is 18.2 Å². The number of hydrogen-bond donors (Lipinski definition) is 1. The van der Waals surface area contributed by atoms with Crippen molar-refractivity contribution in [3.8, 4) is 0 Å². The van der Waals surface area contributed by atoms with Crippen molar-refractivity contribution < 1.29 is 18.0 Å². The van der Waals surface area contributed by atoms with Crippen molar-refractivity contribution >= 4 is 5.91 Å². The summed E-state index contributed by atoms with van der Waals surface area (Å²) in [5.74, 6) is -0.463. The monoisotopic (exact) mass is 288 g/mol. The molecule has 0 heterocycles. The molecule has 0 fully saturated rings. The molecule has 1 rings (SSSR count). The smallest absolute Gasteiger partial charge is 0.366 e. The molecule has 2 N–H and O–H groups in total. The van der Waals surface area contributed by atoms with Crippen molar-refractivity contribution in [1.82, 2.24) is 4.90 Å². The van der Waals surface area contributed by atoms with E-state index in [0.29, 0.717) is 17.7 Å². The molecular formula is C14H19F3N2O. The molecular weight excluding hydrogens is 269 g/mol. The number of rotatable bonds is 6. The van der Waals surface area contributed by atoms with Crippen LogP contribution in [0.25, 0.3) is 0 Å². The van der Waals surface area contributed by atoms with Crippen LogP contribution in [-0.4, -0.2) is 30.1 Å². The van der Waals surface area contributed by atoms with Gasteiger partial charge in [0, 0.05) is 18.7 Å². The number of carbonyl (C=O) groups is 1. The number of alkyl halides is 3. The Hall–Kier alpha value is -1.56. The number of nitrogens with zero attached hydrogens (tertiary/aromatic N) is 1. The second-order valence-electron chi connectivity index (χ2n) is 5.24. The SMILES string of the molecule is CC(C)CN(Cc1cccc(C(N)=O)c1)CC(F)(F)F. The summed E-state index contributed by atoms with van der Waals surface area (Å²) >= 11 is 0. The molecule has 0 aliphatic carbocycles. The minimum absolute atomic E-state index is 0.122. The molecule has 1 aromatic carbocycles. The molecule has 6 heteroatoms. The van der Waals surface area contributed by atoms with E-state index in [1.165, 1.54) is 11.0 Å². The van der Waals surface area contributed by atoms with Crippen molar-refractivity contribution in [2.45, 2.75) is 26.6 Å². The lowest BCUT2D eigenvalue weighted by molar-refractivity contribution is -0.148. The number of halogens is 3. The molecule has 0 spiro atoms. The highest BCUT2D eigenvalue weighted by Gasteiger charge is 2.30. The van der Waals surface area contributed by atoms with Gasteiger partial charge in [0.2, 0.25) is 5.91 Å². The Kier molecular flexibility index (Phi) is 5.56. The fourth-order valence-corrected chi connectivity index (χ4v) is 2.04. The fraction of sp³-hybridized carbons (Fsp3) is 0.500. The largest absolute Gasteiger partial charge is 0.401 e. The average molecular weight is 288 g/mol. The van der Waals surface area contributed by atoms with Crippen LogP contribution in [0.1, 0.15) is 29.8 Å². The van der Waals surface area contributed by atoms with Crippen LogP contribution >= 0.6 is 0 Å². The molecule has 1 aromatic rings. The van der Waals surface area contributed by atoms with Gasteiger partial charge in [-0.25, -0.2) is 0 Å². The molecule has 0 bridgehead atoms. The van der Waals surface area contributed by atoms with Gasteiger partial charge in [-0.1, -0.05) is 26.0 Å². The molecule has 0 saturated heterocycles. The Labute approximate surface area is 116 Å². The zero-order chi connectivity index (χ0) is 15.3. The standard InChI is InChI=1S/C14H19F3N2O/c1-10(2)7-19(9-14(15,16)17)8-11-4-3-5-12(6-11)13(18)20/h3-6,10H,7-9H2,1-2H3,(H2,18,20). The van der Waals surface area contributed by atoms with E-state index in [0.717, 1.165) is 0 Å². The van der Waals surface area contributed by atoms with Gasteiger partial charge in [0.1, 0.15) is 0 Å². The van der Waals surface area contributed by atoms with Crippen LogP contribution in [0.4, 0.5) is 13.2 Å². The molecule has 0 atom stereocenters. The van der Waals surface area contributed by atoms with Gasteiger partial charge in [-0.15, -0.1) is 0 Å². The zero-order valence-electron chi connectivity index (χ0n) is 11.6. The molecule has 0 aliphatic heterocycles. The molecule has 0 saturated carbocycles. The van der Waals surface area contributed by atoms with Crippen LogP contribution in [-0.2, 0) is 6.54 Å². The van der Waals surface area contributed by atoms with Crippen molar-refractivity contribution in [3.63, 3.8) is 0 Å². The molecule has 3 nitrogen and oxygen atoms in total. The van der Waals surface area contributed by atoms with Gasteiger partial charge in [-0.05, 0) is 23.6 Å². The Morgan fingerprint density at radius 3 is 2.50 bits per heavy atom. The van der Waals surface area contributed by atoms with Crippen LogP contribution in [0.5, 0.6) is 0 Å². The summed E-state index contributed by atoms with van der Waals surface area (Å²) in [7, 11) is 0. The van der Waals surface area contributed by atoms with Gasteiger partial charge in [-0.3, -0.25) is 9.69 Å². The maximum Gasteiger partial charge on any atom is 0.401 e. The third-order valence-electron chi connectivity index (χ3n) is 2.64. The van der Waals surface area contributed by atoms with Gasteiger partial charge in [0.15, 0.2) is 0 Å². The Bertz CT molecular complexity index is 458. The predicted octanol–water partition coefficient (Wildman–Crippen LogP) is 2.81. The highest BCUT2D eigenvalue weighted by Crippen LogP contribution is 2.19. The van der Waals surface area contributed by atoms with Crippen molar-refractivity contribution in [2.24, 2.45) is 11.7 Å². The third kappa shape index (κ3) is 6.06. The summed E-state index contributed by atoms with van der Waals surface area (Å²) in [5, 5.41) is 0. The summed E-state index contributed by atoms with van der Waals surface area (Å²) < 4.78 is 37.7. The summed E-state index contributed by atoms with van der Waals surface area (Å²) in [4.78, 5) is 12.4. The molecule has 0 aliphatic rings. The molecule has 1 amide bonds. The van der Waals surface area contributed by atoms with Crippen molar-refractivity contribution in [3.05, 3.63) is 35.4 Å². The number of benzene rings is 1. The predicted molar refractivity (Wildman–Crippen MR) is 71.1 cm³/mol. The van der Waals surface area contributed by atoms with E-state index < -0.39 is 18.6 Å². The zero-order valence-corrected chi connectivity index (χ0v) is 11.6. The molecule has 0 unspecified atom stereocenters. The molecule has 112 valence electrons. The molecule has 0 aromatic heterocycles. The number of hydrogen-bond acceptors (Lipinski definition) is 2. The van der Waals surface area contributed by atoms with Crippen molar-refractivity contribution in [1.29, 1.82) is 0 Å². The Morgan fingerprint density at radius 2 is 2.00 bits per heavy atom. The van der Waals surface area contributed by atoms with E-state index in [9.17, 15) is 18.0 Å². The van der Waals surface area contributed by atoms with E-state index in [2.05, 4.69) is 0 Å². The highest BCUT2D eigenvalue weighted by atomic mass is 19.4. The lowest BCUT2D eigenvalue weighted by Gasteiger charge is -2.25. The molecule has 0 radical (unpaired) electrons. The van der Waals surface area contributed by atoms with Crippen LogP contribution < -0.4 is 5.73 Å². The normalized spacial score (nSPS) is 12.2. The first-order valence-corrected chi connectivity index (χ1v) is 6.35. The number of carbonyl (C=O) groups excluding carboxylic acids is 1. The first kappa shape index (κ1) is 16.5. The average Bonchev–Trinajstić information content (AvgIpc) is 2.25. The van der Waals surface area contributed by atoms with E-state index >= 15 is 0 Å². The minimum atomic E-state index is -4.24. The summed E-state index contributed by atoms with van der Waals surface area (Å²) in [6.45, 7) is 3.23. The summed E-state index contributed by atoms with van der Waals surface area (Å²) in [6, 6.07) is 6.39. The number of primary amides is 1. The van der Waals surface area contributed by atoms with E-state index in [4.69, 9.17) is 5.73 Å². The van der Waals surface area contributed by atoms with Gasteiger partial charge in [0.25, 0.3) is 0 Å². The second-order valence-corrected chi connectivity index (χ2v) is 5.24. The Morgan fingerprint density at radius 1 is 1.35 bits per heavy atom.